The Labute approximate surface area is 193 Å². The summed E-state index contributed by atoms with van der Waals surface area (Å²) in [5.74, 6) is -1.86. The van der Waals surface area contributed by atoms with E-state index in [1.54, 1.807) is 0 Å². The van der Waals surface area contributed by atoms with Gasteiger partial charge in [-0.05, 0) is 55.0 Å². The van der Waals surface area contributed by atoms with E-state index in [1.807, 2.05) is 30.3 Å². The van der Waals surface area contributed by atoms with Crippen LogP contribution in [0.25, 0.3) is 0 Å². The van der Waals surface area contributed by atoms with Gasteiger partial charge in [-0.3, -0.25) is 4.79 Å². The molecule has 3 unspecified atom stereocenters. The van der Waals surface area contributed by atoms with Gasteiger partial charge >= 0.3 is 0 Å². The summed E-state index contributed by atoms with van der Waals surface area (Å²) >= 11 is 0. The molecule has 0 aliphatic carbocycles. The fourth-order valence-electron chi connectivity index (χ4n) is 3.34. The Kier molecular flexibility index (Phi) is 10.5. The van der Waals surface area contributed by atoms with Crippen LogP contribution in [0.5, 0.6) is 0 Å². The van der Waals surface area contributed by atoms with Crippen molar-refractivity contribution in [1.29, 1.82) is 0 Å². The standard InChI is InChI=1S/C23H31F2N3O4S/c24-18-9-10-20(25)17(13-18)14-19(26)15-28-33(31,32)11-5-4-8-22(29)23(30)21(27)12-16-6-2-1-3-7-16/h1-3,6-7,9-10,13,19,21,23,28,30H,4-5,8,11-12,14-15,26-27H2. The normalized spacial score (nSPS) is 14.6. The maximum Gasteiger partial charge on any atom is 0.211 e. The summed E-state index contributed by atoms with van der Waals surface area (Å²) in [4.78, 5) is 12.2. The number of unbranched alkanes of at least 4 members (excludes halogenated alkanes) is 1. The van der Waals surface area contributed by atoms with E-state index in [0.717, 1.165) is 23.8 Å². The zero-order chi connectivity index (χ0) is 24.4. The molecule has 3 atom stereocenters. The number of hydrogen-bond acceptors (Lipinski definition) is 6. The quantitative estimate of drug-likeness (QED) is 0.300. The van der Waals surface area contributed by atoms with Gasteiger partial charge in [-0.15, -0.1) is 0 Å². The van der Waals surface area contributed by atoms with E-state index in [0.29, 0.717) is 6.42 Å². The maximum atomic E-state index is 13.7. The molecular formula is C23H31F2N3O4S. The minimum Gasteiger partial charge on any atom is -0.384 e. The minimum atomic E-state index is -3.66. The molecular weight excluding hydrogens is 452 g/mol. The fraction of sp³-hybridized carbons (Fsp3) is 0.435. The lowest BCUT2D eigenvalue weighted by Gasteiger charge is -2.18. The largest absolute Gasteiger partial charge is 0.384 e. The van der Waals surface area contributed by atoms with E-state index in [2.05, 4.69) is 4.72 Å². The average Bonchev–Trinajstić information content (AvgIpc) is 2.78. The zero-order valence-electron chi connectivity index (χ0n) is 18.3. The van der Waals surface area contributed by atoms with Crippen LogP contribution < -0.4 is 16.2 Å². The molecule has 2 rings (SSSR count). The van der Waals surface area contributed by atoms with Crippen molar-refractivity contribution in [3.05, 3.63) is 71.3 Å². The monoisotopic (exact) mass is 483 g/mol. The van der Waals surface area contributed by atoms with Crippen molar-refractivity contribution in [2.45, 2.75) is 50.3 Å². The molecule has 6 N–H and O–H groups in total. The Balaban J connectivity index is 1.68. The number of aliphatic hydroxyl groups excluding tert-OH is 1. The lowest BCUT2D eigenvalue weighted by atomic mass is 9.97. The fourth-order valence-corrected chi connectivity index (χ4v) is 4.53. The van der Waals surface area contributed by atoms with Gasteiger partial charge in [0.15, 0.2) is 5.78 Å². The van der Waals surface area contributed by atoms with Crippen molar-refractivity contribution in [2.75, 3.05) is 12.3 Å². The highest BCUT2D eigenvalue weighted by Crippen LogP contribution is 2.12. The number of aliphatic hydroxyl groups is 1. The number of ketones is 1. The van der Waals surface area contributed by atoms with Crippen molar-refractivity contribution in [3.63, 3.8) is 0 Å². The minimum absolute atomic E-state index is 0.0114. The molecule has 182 valence electrons. The van der Waals surface area contributed by atoms with Gasteiger partial charge in [-0.2, -0.15) is 0 Å². The number of carbonyl (C=O) groups is 1. The molecule has 2 aromatic rings. The lowest BCUT2D eigenvalue weighted by Crippen LogP contribution is -2.42. The average molecular weight is 484 g/mol. The number of benzene rings is 2. The first-order valence-corrected chi connectivity index (χ1v) is 12.4. The molecule has 0 spiro atoms. The SMILES string of the molecule is NC(CNS(=O)(=O)CCCCC(=O)C(O)C(N)Cc1ccccc1)Cc1cc(F)ccc1F. The molecule has 0 saturated carbocycles. The number of carbonyl (C=O) groups excluding carboxylic acids is 1. The topological polar surface area (TPSA) is 136 Å². The molecule has 33 heavy (non-hydrogen) atoms. The summed E-state index contributed by atoms with van der Waals surface area (Å²) in [7, 11) is -3.66. The van der Waals surface area contributed by atoms with Crippen LogP contribution in [0.15, 0.2) is 48.5 Å². The van der Waals surface area contributed by atoms with Gasteiger partial charge in [0.1, 0.15) is 17.7 Å². The maximum absolute atomic E-state index is 13.7. The third kappa shape index (κ3) is 9.65. The molecule has 2 aromatic carbocycles. The highest BCUT2D eigenvalue weighted by Gasteiger charge is 2.23. The molecule has 0 heterocycles. The smallest absolute Gasteiger partial charge is 0.211 e. The highest BCUT2D eigenvalue weighted by atomic mass is 32.2. The summed E-state index contributed by atoms with van der Waals surface area (Å²) in [6.07, 6.45) is -0.503. The van der Waals surface area contributed by atoms with Crippen LogP contribution in [0.3, 0.4) is 0 Å². The second-order valence-corrected chi connectivity index (χ2v) is 10.0. The highest BCUT2D eigenvalue weighted by molar-refractivity contribution is 7.89. The molecule has 0 aliphatic rings. The molecule has 0 saturated heterocycles. The number of hydrogen-bond donors (Lipinski definition) is 4. The predicted octanol–water partition coefficient (Wildman–Crippen LogP) is 1.42. The molecule has 0 aliphatic heterocycles. The number of rotatable bonds is 14. The van der Waals surface area contributed by atoms with Crippen molar-refractivity contribution >= 4 is 15.8 Å². The van der Waals surface area contributed by atoms with E-state index >= 15 is 0 Å². The van der Waals surface area contributed by atoms with E-state index < -0.39 is 45.6 Å². The summed E-state index contributed by atoms with van der Waals surface area (Å²) in [6.45, 7) is -0.135. The first-order chi connectivity index (χ1) is 15.6. The van der Waals surface area contributed by atoms with E-state index in [9.17, 15) is 27.1 Å². The Morgan fingerprint density at radius 2 is 1.73 bits per heavy atom. The third-order valence-electron chi connectivity index (χ3n) is 5.19. The van der Waals surface area contributed by atoms with Gasteiger partial charge in [0, 0.05) is 25.0 Å². The molecule has 10 heteroatoms. The Morgan fingerprint density at radius 1 is 1.03 bits per heavy atom. The van der Waals surface area contributed by atoms with Gasteiger partial charge in [0.25, 0.3) is 0 Å². The number of nitrogens with two attached hydrogens (primary N) is 2. The van der Waals surface area contributed by atoms with Crippen molar-refractivity contribution in [1.82, 2.24) is 4.72 Å². The first kappa shape index (κ1) is 27.0. The number of Topliss-reactive ketones (excluding diaryl/α,β-unsaturated/α-hetero) is 1. The van der Waals surface area contributed by atoms with Crippen molar-refractivity contribution < 1.29 is 27.1 Å². The third-order valence-corrected chi connectivity index (χ3v) is 6.62. The lowest BCUT2D eigenvalue weighted by molar-refractivity contribution is -0.128. The van der Waals surface area contributed by atoms with Gasteiger partial charge < -0.3 is 16.6 Å². The van der Waals surface area contributed by atoms with E-state index in [4.69, 9.17) is 11.5 Å². The van der Waals surface area contributed by atoms with Crippen LogP contribution in [-0.2, 0) is 27.7 Å². The summed E-state index contributed by atoms with van der Waals surface area (Å²) in [5, 5.41) is 10.1. The predicted molar refractivity (Wildman–Crippen MR) is 123 cm³/mol. The van der Waals surface area contributed by atoms with Crippen LogP contribution >= 0.6 is 0 Å². The van der Waals surface area contributed by atoms with Gasteiger partial charge in [0.2, 0.25) is 10.0 Å². The molecule has 0 fully saturated rings. The number of halogens is 2. The molecule has 0 radical (unpaired) electrons. The Morgan fingerprint density at radius 3 is 2.42 bits per heavy atom. The Bertz CT molecular complexity index is 1010. The first-order valence-electron chi connectivity index (χ1n) is 10.7. The van der Waals surface area contributed by atoms with Gasteiger partial charge in [-0.25, -0.2) is 21.9 Å². The van der Waals surface area contributed by atoms with Gasteiger partial charge in [-0.1, -0.05) is 30.3 Å². The Hall–Kier alpha value is -2.24. The van der Waals surface area contributed by atoms with Gasteiger partial charge in [0.05, 0.1) is 5.75 Å². The summed E-state index contributed by atoms with van der Waals surface area (Å²) < 4.78 is 53.5. The molecule has 0 aromatic heterocycles. The van der Waals surface area contributed by atoms with E-state index in [-0.39, 0.29) is 43.5 Å². The van der Waals surface area contributed by atoms with E-state index in [1.165, 1.54) is 0 Å². The van der Waals surface area contributed by atoms with Crippen molar-refractivity contribution in [2.24, 2.45) is 11.5 Å². The second kappa shape index (κ2) is 12.9. The molecule has 7 nitrogen and oxygen atoms in total. The summed E-state index contributed by atoms with van der Waals surface area (Å²) in [5.41, 5.74) is 12.8. The van der Waals surface area contributed by atoms with Crippen LogP contribution in [0.4, 0.5) is 8.78 Å². The van der Waals surface area contributed by atoms with Crippen molar-refractivity contribution in [3.8, 4) is 0 Å². The van der Waals surface area contributed by atoms with Crippen LogP contribution in [0, 0.1) is 11.6 Å². The number of nitrogens with one attached hydrogen (secondary N) is 1. The van der Waals surface area contributed by atoms with Crippen LogP contribution in [0.2, 0.25) is 0 Å². The molecule has 0 amide bonds. The van der Waals surface area contributed by atoms with Crippen LogP contribution in [-0.4, -0.2) is 49.8 Å². The number of sulfonamides is 1. The van der Waals surface area contributed by atoms with Crippen LogP contribution in [0.1, 0.15) is 30.4 Å². The second-order valence-electron chi connectivity index (χ2n) is 8.09. The summed E-state index contributed by atoms with van der Waals surface area (Å²) in [6, 6.07) is 10.8. The molecule has 0 bridgehead atoms. The zero-order valence-corrected chi connectivity index (χ0v) is 19.1.